The molecule has 1 amide bonds. The third-order valence-electron chi connectivity index (χ3n) is 7.64. The zero-order valence-corrected chi connectivity index (χ0v) is 22.4. The number of hydrogen-bond donors (Lipinski definition) is 4. The van der Waals surface area contributed by atoms with E-state index in [1.54, 1.807) is 11.3 Å². The summed E-state index contributed by atoms with van der Waals surface area (Å²) in [5.41, 5.74) is 1.50. The highest BCUT2D eigenvalue weighted by Gasteiger charge is 2.44. The number of ether oxygens (including phenoxy) is 1. The Morgan fingerprint density at radius 3 is 2.84 bits per heavy atom. The van der Waals surface area contributed by atoms with Gasteiger partial charge < -0.3 is 15.4 Å². The van der Waals surface area contributed by atoms with E-state index in [4.69, 9.17) is 21.3 Å². The van der Waals surface area contributed by atoms with Gasteiger partial charge in [0.05, 0.1) is 23.0 Å². The minimum atomic E-state index is -0.505. The van der Waals surface area contributed by atoms with Crippen LogP contribution in [-0.2, 0) is 15.1 Å². The van der Waals surface area contributed by atoms with Crippen LogP contribution in [0, 0.1) is 0 Å². The van der Waals surface area contributed by atoms with Crippen LogP contribution in [0.15, 0.2) is 48.5 Å². The molecule has 0 bridgehead atoms. The fourth-order valence-corrected chi connectivity index (χ4v) is 6.88. The first-order valence-corrected chi connectivity index (χ1v) is 14.2. The summed E-state index contributed by atoms with van der Waals surface area (Å²) >= 11 is 7.72. The van der Waals surface area contributed by atoms with Crippen molar-refractivity contribution in [2.75, 3.05) is 32.8 Å². The smallest absolute Gasteiger partial charge is 0.235 e. The minimum absolute atomic E-state index is 0.0104. The van der Waals surface area contributed by atoms with Gasteiger partial charge in [-0.15, -0.1) is 11.3 Å². The second-order valence-electron chi connectivity index (χ2n) is 10.3. The molecule has 0 aliphatic carbocycles. The van der Waals surface area contributed by atoms with Crippen molar-refractivity contribution in [1.29, 1.82) is 0 Å². The van der Waals surface area contributed by atoms with E-state index in [-0.39, 0.29) is 18.4 Å². The van der Waals surface area contributed by atoms with E-state index < -0.39 is 11.5 Å². The predicted octanol–water partition coefficient (Wildman–Crippen LogP) is 2.95. The number of hydrogen-bond acceptors (Lipinski definition) is 8. The number of morpholine rings is 1. The molecule has 3 fully saturated rings. The largest absolute Gasteiger partial charge is 0.368 e. The molecule has 10 heteroatoms. The summed E-state index contributed by atoms with van der Waals surface area (Å²) in [5.74, 6) is -0.428. The highest BCUT2D eigenvalue weighted by Crippen LogP contribution is 2.34. The quantitative estimate of drug-likeness (QED) is 0.395. The Hall–Kier alpha value is -2.11. The van der Waals surface area contributed by atoms with Gasteiger partial charge in [-0.3, -0.25) is 20.3 Å². The molecule has 5 atom stereocenters. The van der Waals surface area contributed by atoms with Gasteiger partial charge in [0.25, 0.3) is 0 Å². The molecule has 0 saturated carbocycles. The molecule has 8 nitrogen and oxygen atoms in total. The molecular weight excluding hydrogens is 508 g/mol. The van der Waals surface area contributed by atoms with Crippen LogP contribution in [0.1, 0.15) is 36.3 Å². The predicted molar refractivity (Wildman–Crippen MR) is 147 cm³/mol. The number of nitrogens with one attached hydrogen (secondary N) is 4. The molecule has 196 valence electrons. The van der Waals surface area contributed by atoms with Crippen molar-refractivity contribution in [1.82, 2.24) is 31.2 Å². The standard InChI is InChI=1S/C27H33ClN6O2S/c1-27(17-8-10-18(28)11-9-17)16-34(13-14-36-27)26-32-23(30-19-5-4-12-29-15-19)22(24(35)33-26)25-31-20-6-2-3-7-21(20)37-25/h2-3,6-11,19,22-23,26,29-30,32H,4-5,12-16H2,1H3,(H,33,35)/t19-,22?,23?,26?,27?/m1/s1. The molecule has 4 N–H and O–H groups in total. The lowest BCUT2D eigenvalue weighted by Crippen LogP contribution is -2.72. The van der Waals surface area contributed by atoms with Gasteiger partial charge in [0.2, 0.25) is 5.91 Å². The van der Waals surface area contributed by atoms with Crippen LogP contribution in [0.2, 0.25) is 5.02 Å². The highest BCUT2D eigenvalue weighted by atomic mass is 35.5. The fourth-order valence-electron chi connectivity index (χ4n) is 5.65. The number of amides is 1. The molecule has 37 heavy (non-hydrogen) atoms. The molecule has 0 radical (unpaired) electrons. The Bertz CT molecular complexity index is 1220. The molecule has 4 unspecified atom stereocenters. The molecule has 6 rings (SSSR count). The average molecular weight is 541 g/mol. The van der Waals surface area contributed by atoms with Crippen LogP contribution in [0.5, 0.6) is 0 Å². The van der Waals surface area contributed by atoms with Crippen LogP contribution in [0.4, 0.5) is 0 Å². The van der Waals surface area contributed by atoms with Crippen molar-refractivity contribution in [3.63, 3.8) is 0 Å². The first-order chi connectivity index (χ1) is 18.0. The number of carbonyl (C=O) groups excluding carboxylic acids is 1. The van der Waals surface area contributed by atoms with Gasteiger partial charge in [-0.1, -0.05) is 35.9 Å². The summed E-state index contributed by atoms with van der Waals surface area (Å²) in [5, 5.41) is 15.8. The number of carbonyl (C=O) groups is 1. The van der Waals surface area contributed by atoms with Crippen molar-refractivity contribution in [2.24, 2.45) is 0 Å². The second-order valence-corrected chi connectivity index (χ2v) is 11.8. The van der Waals surface area contributed by atoms with Crippen LogP contribution >= 0.6 is 22.9 Å². The number of fused-ring (bicyclic) bond motifs is 1. The Morgan fingerprint density at radius 1 is 1.22 bits per heavy atom. The van der Waals surface area contributed by atoms with Crippen LogP contribution < -0.4 is 21.3 Å². The first-order valence-electron chi connectivity index (χ1n) is 13.0. The molecule has 3 saturated heterocycles. The van der Waals surface area contributed by atoms with Crippen molar-refractivity contribution < 1.29 is 9.53 Å². The fraction of sp³-hybridized carbons (Fsp3) is 0.481. The average Bonchev–Trinajstić information content (AvgIpc) is 3.33. The third kappa shape index (κ3) is 5.27. The molecule has 3 aliphatic heterocycles. The van der Waals surface area contributed by atoms with E-state index in [1.807, 2.05) is 42.5 Å². The zero-order chi connectivity index (χ0) is 25.4. The van der Waals surface area contributed by atoms with Gasteiger partial charge in [-0.25, -0.2) is 4.98 Å². The summed E-state index contributed by atoms with van der Waals surface area (Å²) in [4.78, 5) is 20.9. The molecule has 0 spiro atoms. The number of benzene rings is 2. The molecule has 4 heterocycles. The maximum absolute atomic E-state index is 13.7. The molecular formula is C27H33ClN6O2S. The number of thiazole rings is 1. The summed E-state index contributed by atoms with van der Waals surface area (Å²) in [6.45, 7) is 5.95. The number of halogens is 1. The van der Waals surface area contributed by atoms with Crippen LogP contribution in [0.3, 0.4) is 0 Å². The highest BCUT2D eigenvalue weighted by molar-refractivity contribution is 7.18. The van der Waals surface area contributed by atoms with Crippen molar-refractivity contribution in [3.8, 4) is 0 Å². The first kappa shape index (κ1) is 25.2. The van der Waals surface area contributed by atoms with Gasteiger partial charge >= 0.3 is 0 Å². The van der Waals surface area contributed by atoms with E-state index in [9.17, 15) is 4.79 Å². The topological polar surface area (TPSA) is 90.6 Å². The maximum atomic E-state index is 13.7. The number of para-hydroxylation sites is 1. The Labute approximate surface area is 226 Å². The van der Waals surface area contributed by atoms with Crippen molar-refractivity contribution in [3.05, 3.63) is 64.1 Å². The minimum Gasteiger partial charge on any atom is -0.368 e. The van der Waals surface area contributed by atoms with E-state index >= 15 is 0 Å². The van der Waals surface area contributed by atoms with Gasteiger partial charge in [0.1, 0.15) is 22.8 Å². The lowest BCUT2D eigenvalue weighted by atomic mass is 9.93. The summed E-state index contributed by atoms with van der Waals surface area (Å²) < 4.78 is 7.35. The van der Waals surface area contributed by atoms with E-state index in [1.165, 1.54) is 0 Å². The summed E-state index contributed by atoms with van der Waals surface area (Å²) in [6, 6.07) is 16.2. The second kappa shape index (κ2) is 10.6. The normalized spacial score (nSPS) is 31.4. The number of piperidine rings is 1. The van der Waals surface area contributed by atoms with E-state index in [0.29, 0.717) is 30.8 Å². The van der Waals surface area contributed by atoms with Crippen LogP contribution in [0.25, 0.3) is 10.2 Å². The molecule has 1 aromatic heterocycles. The van der Waals surface area contributed by atoms with Gasteiger partial charge in [0.15, 0.2) is 0 Å². The SMILES string of the molecule is CC1(c2ccc(Cl)cc2)CN(C2NC(=O)C(c3nc4ccccc4s3)C(N[C@@H]3CCCNC3)N2)CCO1. The number of aromatic nitrogens is 1. The summed E-state index contributed by atoms with van der Waals surface area (Å²) in [6.07, 6.45) is 1.64. The number of nitrogens with zero attached hydrogens (tertiary/aromatic N) is 2. The molecule has 3 aromatic rings. The third-order valence-corrected chi connectivity index (χ3v) is 9.02. The van der Waals surface area contributed by atoms with E-state index in [0.717, 1.165) is 46.7 Å². The van der Waals surface area contributed by atoms with Gasteiger partial charge in [-0.05, 0) is 56.1 Å². The lowest BCUT2D eigenvalue weighted by Gasteiger charge is -2.48. The molecule has 2 aromatic carbocycles. The molecule has 3 aliphatic rings. The van der Waals surface area contributed by atoms with Crippen molar-refractivity contribution >= 4 is 39.1 Å². The Kier molecular flexibility index (Phi) is 7.19. The monoisotopic (exact) mass is 540 g/mol. The Morgan fingerprint density at radius 2 is 2.05 bits per heavy atom. The van der Waals surface area contributed by atoms with Gasteiger partial charge in [-0.2, -0.15) is 0 Å². The lowest BCUT2D eigenvalue weighted by molar-refractivity contribution is -0.142. The van der Waals surface area contributed by atoms with Gasteiger partial charge in [0, 0.05) is 30.7 Å². The van der Waals surface area contributed by atoms with E-state index in [2.05, 4.69) is 39.2 Å². The van der Waals surface area contributed by atoms with Crippen LogP contribution in [-0.4, -0.2) is 67.1 Å². The Balaban J connectivity index is 1.25. The number of rotatable bonds is 5. The zero-order valence-electron chi connectivity index (χ0n) is 20.9. The maximum Gasteiger partial charge on any atom is 0.235 e. The van der Waals surface area contributed by atoms with Crippen molar-refractivity contribution in [2.45, 2.75) is 49.8 Å². The summed E-state index contributed by atoms with van der Waals surface area (Å²) in [7, 11) is 0.